The Balaban J connectivity index is 0.000000101. The van der Waals surface area contributed by atoms with Gasteiger partial charge in [0.25, 0.3) is 0 Å². The molecule has 25 heteroatoms. The van der Waals surface area contributed by atoms with Gasteiger partial charge in [0.05, 0.1) is 63.5 Å². The van der Waals surface area contributed by atoms with Gasteiger partial charge < -0.3 is 51.4 Å². The number of likely N-dealkylation sites (N-methyl/N-ethyl adjacent to an activating group) is 5. The summed E-state index contributed by atoms with van der Waals surface area (Å²) in [6.07, 6.45) is 42.1. The number of fused-ring (bicyclic) bond motifs is 6. The summed E-state index contributed by atoms with van der Waals surface area (Å²) in [5.74, 6) is 6.40. The van der Waals surface area contributed by atoms with Crippen LogP contribution in [0.2, 0.25) is 0 Å². The van der Waals surface area contributed by atoms with Crippen LogP contribution in [0.1, 0.15) is 126 Å². The summed E-state index contributed by atoms with van der Waals surface area (Å²) >= 11 is 1.76. The lowest BCUT2D eigenvalue weighted by Crippen LogP contribution is -2.49. The Morgan fingerprint density at radius 1 is 0.333 bits per heavy atom. The van der Waals surface area contributed by atoms with E-state index in [1.807, 2.05) is 82.9 Å². The highest BCUT2D eigenvalue weighted by molar-refractivity contribution is 7.08. The molecule has 12 aromatic rings. The Morgan fingerprint density at radius 3 is 0.915 bits per heavy atom. The SMILES string of the molecule is CC1=NC[C@@]2(CCc3c(cccc3-c3ccco3)C2)N1.CC1=N[C@@]2(CCc3c(cccc3-c3cncnc3)C2)CN1C.CC1=N[C@]2(CCc3c(cccc3-c3cncnc3)C2)CN1C.CN1C[C@@]2(CCc3c(cccc3-c3ccsc3)C2)N=C1N.CN1C[C@@]2(CCc3c(cccc3-c3cncnc3)C2)N=C1N.CN1C[C@]2(CCc3c(cccc3-c3cncnc3)C2)N=C1N. The number of guanidine groups is 3. The third-order valence-electron chi connectivity index (χ3n) is 28.8. The van der Waals surface area contributed by atoms with Crippen LogP contribution in [0.3, 0.4) is 0 Å². The fourth-order valence-electron chi connectivity index (χ4n) is 22.4. The Bertz CT molecular complexity index is 5790. The number of furan rings is 1. The lowest BCUT2D eigenvalue weighted by Gasteiger charge is -2.35. The van der Waals surface area contributed by atoms with Crippen molar-refractivity contribution in [2.75, 3.05) is 74.5 Å². The van der Waals surface area contributed by atoms with Gasteiger partial charge in [-0.1, -0.05) is 109 Å². The molecule has 6 aliphatic heterocycles. The maximum atomic E-state index is 5.99. The van der Waals surface area contributed by atoms with Crippen molar-refractivity contribution in [3.63, 3.8) is 0 Å². The summed E-state index contributed by atoms with van der Waals surface area (Å²) in [4.78, 5) is 72.8. The van der Waals surface area contributed by atoms with Gasteiger partial charge in [-0.2, -0.15) is 11.3 Å². The first-order valence-corrected chi connectivity index (χ1v) is 46.3. The van der Waals surface area contributed by atoms with Gasteiger partial charge >= 0.3 is 0 Å². The average molecular weight is 1740 g/mol. The van der Waals surface area contributed by atoms with E-state index in [0.717, 1.165) is 200 Å². The van der Waals surface area contributed by atoms with Gasteiger partial charge in [0, 0.05) is 145 Å². The first-order chi connectivity index (χ1) is 62.6. The maximum Gasteiger partial charge on any atom is 0.191 e. The molecule has 129 heavy (non-hydrogen) atoms. The van der Waals surface area contributed by atoms with Crippen LogP contribution in [-0.2, 0) is 77.0 Å². The van der Waals surface area contributed by atoms with Gasteiger partial charge in [0.1, 0.15) is 31.1 Å². The summed E-state index contributed by atoms with van der Waals surface area (Å²) < 4.78 is 5.58. The van der Waals surface area contributed by atoms with Crippen molar-refractivity contribution < 1.29 is 4.42 Å². The first-order valence-electron chi connectivity index (χ1n) is 45.4. The second kappa shape index (κ2) is 35.5. The van der Waals surface area contributed by atoms with Gasteiger partial charge in [0.2, 0.25) is 0 Å². The van der Waals surface area contributed by atoms with Crippen molar-refractivity contribution >= 4 is 46.7 Å². The molecule has 6 aliphatic carbocycles. The highest BCUT2D eigenvalue weighted by atomic mass is 32.1. The Hall–Kier alpha value is -13.2. The number of nitrogens with zero attached hydrogens (tertiary/aromatic N) is 19. The predicted molar refractivity (Wildman–Crippen MR) is 518 cm³/mol. The third kappa shape index (κ3) is 17.6. The maximum absolute atomic E-state index is 5.99. The van der Waals surface area contributed by atoms with Crippen molar-refractivity contribution in [1.29, 1.82) is 0 Å². The third-order valence-corrected chi connectivity index (χ3v) is 29.5. The second-order valence-electron chi connectivity index (χ2n) is 37.7. The van der Waals surface area contributed by atoms with Crippen molar-refractivity contribution in [3.05, 3.63) is 286 Å². The zero-order valence-electron chi connectivity index (χ0n) is 75.3. The second-order valence-corrected chi connectivity index (χ2v) is 38.4. The average Bonchev–Trinajstić information content (AvgIpc) is 1.66. The van der Waals surface area contributed by atoms with Crippen LogP contribution in [0.5, 0.6) is 0 Å². The Labute approximate surface area is 760 Å². The Kier molecular flexibility index (Phi) is 23.4. The van der Waals surface area contributed by atoms with Crippen LogP contribution < -0.4 is 22.5 Å². The number of aliphatic imine (C=N–C) groups is 6. The normalized spacial score (nSPS) is 23.8. The van der Waals surface area contributed by atoms with Crippen molar-refractivity contribution in [2.24, 2.45) is 47.2 Å². The molecule has 658 valence electrons. The van der Waals surface area contributed by atoms with E-state index in [1.165, 1.54) is 106 Å². The predicted octanol–water partition coefficient (Wildman–Crippen LogP) is 14.8. The molecule has 6 atom stereocenters. The molecule has 6 aromatic heterocycles. The van der Waals surface area contributed by atoms with Crippen LogP contribution in [0.15, 0.2) is 254 Å². The number of aromatic nitrogens is 8. The largest absolute Gasteiger partial charge is 0.464 e. The minimum absolute atomic E-state index is 0.000890. The summed E-state index contributed by atoms with van der Waals surface area (Å²) in [6, 6.07) is 45.6. The summed E-state index contributed by atoms with van der Waals surface area (Å²) in [5, 5.41) is 7.98. The van der Waals surface area contributed by atoms with Gasteiger partial charge in [-0.25, -0.2) is 54.8 Å². The minimum Gasteiger partial charge on any atom is -0.464 e. The molecule has 0 radical (unpaired) electrons. The van der Waals surface area contributed by atoms with E-state index in [4.69, 9.17) is 46.6 Å². The summed E-state index contributed by atoms with van der Waals surface area (Å²) in [7, 11) is 10.3. The van der Waals surface area contributed by atoms with Crippen LogP contribution in [0.25, 0.3) is 67.0 Å². The molecule has 12 aliphatic rings. The molecular weight excluding hydrogens is 1620 g/mol. The first kappa shape index (κ1) is 85.3. The molecule has 6 aromatic carbocycles. The lowest BCUT2D eigenvalue weighted by atomic mass is 9.76. The van der Waals surface area contributed by atoms with Crippen LogP contribution in [0.4, 0.5) is 0 Å². The van der Waals surface area contributed by atoms with E-state index in [0.29, 0.717) is 17.9 Å². The van der Waals surface area contributed by atoms with Gasteiger partial charge in [-0.3, -0.25) is 15.0 Å². The molecule has 0 bridgehead atoms. The number of hydrogen-bond donors (Lipinski definition) is 4. The van der Waals surface area contributed by atoms with Gasteiger partial charge in [-0.15, -0.1) is 0 Å². The quantitative estimate of drug-likeness (QED) is 0.120. The van der Waals surface area contributed by atoms with E-state index in [9.17, 15) is 0 Å². The molecule has 7 N–H and O–H groups in total. The van der Waals surface area contributed by atoms with Gasteiger partial charge in [0.15, 0.2) is 17.9 Å². The molecule has 6 spiro atoms. The highest BCUT2D eigenvalue weighted by Gasteiger charge is 2.46. The zero-order chi connectivity index (χ0) is 88.7. The molecule has 0 amide bonds. The molecule has 0 saturated heterocycles. The number of thiophene rings is 1. The van der Waals surface area contributed by atoms with E-state index in [2.05, 4.69) is 236 Å². The fourth-order valence-corrected chi connectivity index (χ4v) is 23.1. The lowest BCUT2D eigenvalue weighted by molar-refractivity contribution is 0.335. The van der Waals surface area contributed by atoms with E-state index >= 15 is 0 Å². The smallest absolute Gasteiger partial charge is 0.191 e. The number of amidine groups is 3. The zero-order valence-corrected chi connectivity index (χ0v) is 76.1. The van der Waals surface area contributed by atoms with E-state index < -0.39 is 0 Å². The van der Waals surface area contributed by atoms with Crippen LogP contribution >= 0.6 is 11.3 Å². The van der Waals surface area contributed by atoms with Crippen LogP contribution in [-0.4, -0.2) is 207 Å². The molecule has 0 unspecified atom stereocenters. The van der Waals surface area contributed by atoms with Crippen molar-refractivity contribution in [1.82, 2.24) is 69.7 Å². The topological polar surface area (TPSA) is 297 Å². The molecule has 24 rings (SSSR count). The molecule has 0 saturated carbocycles. The molecule has 24 nitrogen and oxygen atoms in total. The number of rotatable bonds is 6. The number of nitrogens with two attached hydrogens (primary N) is 3. The molecule has 0 fully saturated rings. The minimum atomic E-state index is -0.0440. The van der Waals surface area contributed by atoms with Gasteiger partial charge in [-0.05, 0) is 265 Å². The Morgan fingerprint density at radius 2 is 0.636 bits per heavy atom. The highest BCUT2D eigenvalue weighted by Crippen LogP contribution is 2.47. The summed E-state index contributed by atoms with van der Waals surface area (Å²) in [6.45, 7) is 12.0. The van der Waals surface area contributed by atoms with Crippen LogP contribution in [0, 0.1) is 0 Å². The fraction of sp³-hybridized carbons (Fsp3) is 0.365. The number of hydrogen-bond acceptors (Lipinski definition) is 25. The molecular formula is C104H115N23OS. The monoisotopic (exact) mass is 1730 g/mol. The van der Waals surface area contributed by atoms with Crippen molar-refractivity contribution in [3.8, 4) is 67.0 Å². The van der Waals surface area contributed by atoms with E-state index in [1.54, 1.807) is 42.9 Å². The molecule has 12 heterocycles. The number of benzene rings is 6. The standard InChI is InChI=1S/2C18H20N4.2C17H19N5.C17H19N3S.C17H18N2O/c2*1-13-21-18(11-22(13)2)7-6-17-14(8-18)4-3-5-16(17)15-9-19-12-20-10-15;2*1-22-10-17(21-16(22)18)6-5-15-12(7-17)3-2-4-14(15)13-8-19-11-20-9-13;1-20-11-17(19-16(20)18)7-5-15-12(9-17)3-2-4-14(15)13-6-8-21-10-13;1-12-18-11-17(19-12)8-7-14-13(10-17)4-2-5-15(14)16-6-3-9-20-16/h2*3-5,9-10,12H,6-8,11H2,1-2H3;2*2-4,8-9,11H,5-7,10H2,1H3,(H2,18,21);2-4,6,8,10H,5,7,9,11H2,1H3,(H2,18,19);2-6,9H,7-8,10-11H2,1H3,(H,18,19)/t2*18-;4*17-/m101000/s1. The summed E-state index contributed by atoms with van der Waals surface area (Å²) in [5.41, 5.74) is 48.8. The van der Waals surface area contributed by atoms with Crippen molar-refractivity contribution in [2.45, 2.75) is 170 Å². The number of nitrogens with one attached hydrogen (secondary N) is 1. The van der Waals surface area contributed by atoms with E-state index in [-0.39, 0.29) is 33.2 Å².